The molecule has 0 aliphatic heterocycles. The summed E-state index contributed by atoms with van der Waals surface area (Å²) in [6, 6.07) is 0. The molecule has 0 saturated carbocycles. The predicted molar refractivity (Wildman–Crippen MR) is 45.8 cm³/mol. The maximum absolute atomic E-state index is 12.9. The molecule has 0 aromatic heterocycles. The molecule has 2 nitrogen and oxygen atoms in total. The quantitative estimate of drug-likeness (QED) is 0.474. The van der Waals surface area contributed by atoms with Gasteiger partial charge in [0.15, 0.2) is 0 Å². The van der Waals surface area contributed by atoms with Crippen LogP contribution in [0.1, 0.15) is 0 Å². The number of alkyl halides is 9. The lowest BCUT2D eigenvalue weighted by atomic mass is 10.1. The largest absolute Gasteiger partial charge is 0.460 e. The van der Waals surface area contributed by atoms with Crippen molar-refractivity contribution in [3.63, 3.8) is 0 Å². The highest BCUT2D eigenvalue weighted by Crippen LogP contribution is 2.67. The predicted octanol–water partition coefficient (Wildman–Crippen LogP) is 3.87. The fourth-order valence-electron chi connectivity index (χ4n) is 0.876. The van der Waals surface area contributed by atoms with Crippen molar-refractivity contribution in [3.8, 4) is 0 Å². The van der Waals surface area contributed by atoms with Gasteiger partial charge in [-0.05, 0) is 0 Å². The Bertz CT molecular complexity index is 400. The summed E-state index contributed by atoms with van der Waals surface area (Å²) in [4.78, 5) is 8.56. The van der Waals surface area contributed by atoms with Gasteiger partial charge in [-0.15, -0.1) is 6.58 Å². The van der Waals surface area contributed by atoms with Crippen LogP contribution in [0.25, 0.3) is 0 Å². The second-order valence-electron chi connectivity index (χ2n) is 3.36. The standard InChI is InChI=1S/C7H6F9O2P/c1-2-3-19(17,18)7(15,16)5(10,11)4(8,9)6(12,13)14/h2H,1,3H2,(H,17,18). The number of rotatable bonds is 5. The first-order valence-electron chi connectivity index (χ1n) is 4.19. The van der Waals surface area contributed by atoms with E-state index in [4.69, 9.17) is 4.89 Å². The smallest absolute Gasteiger partial charge is 0.340 e. The topological polar surface area (TPSA) is 37.3 Å². The van der Waals surface area contributed by atoms with Gasteiger partial charge >= 0.3 is 23.7 Å². The molecule has 0 aliphatic rings. The Morgan fingerprint density at radius 1 is 0.947 bits per heavy atom. The van der Waals surface area contributed by atoms with Gasteiger partial charge < -0.3 is 4.89 Å². The summed E-state index contributed by atoms with van der Waals surface area (Å²) in [5, 5.41) is 0. The minimum atomic E-state index is -7.18. The molecule has 0 aromatic rings. The van der Waals surface area contributed by atoms with E-state index >= 15 is 0 Å². The van der Waals surface area contributed by atoms with Crippen molar-refractivity contribution in [1.82, 2.24) is 0 Å². The van der Waals surface area contributed by atoms with Gasteiger partial charge in [-0.25, -0.2) is 0 Å². The highest BCUT2D eigenvalue weighted by Gasteiger charge is 2.85. The third kappa shape index (κ3) is 2.62. The summed E-state index contributed by atoms with van der Waals surface area (Å²) in [5.41, 5.74) is -6.48. The van der Waals surface area contributed by atoms with Crippen molar-refractivity contribution in [1.29, 1.82) is 0 Å². The molecule has 0 radical (unpaired) electrons. The molecule has 0 saturated heterocycles. The average Bonchev–Trinajstić information content (AvgIpc) is 2.14. The molecule has 114 valence electrons. The van der Waals surface area contributed by atoms with E-state index in [1.54, 1.807) is 0 Å². The monoisotopic (exact) mass is 324 g/mol. The van der Waals surface area contributed by atoms with E-state index in [1.165, 1.54) is 0 Å². The van der Waals surface area contributed by atoms with Gasteiger partial charge in [-0.2, -0.15) is 39.5 Å². The van der Waals surface area contributed by atoms with Gasteiger partial charge in [-0.1, -0.05) is 6.08 Å². The Kier molecular flexibility index (Phi) is 4.52. The number of halogens is 9. The fourth-order valence-corrected chi connectivity index (χ4v) is 2.03. The van der Waals surface area contributed by atoms with Gasteiger partial charge in [0.1, 0.15) is 0 Å². The Hall–Kier alpha value is -0.700. The first-order valence-corrected chi connectivity index (χ1v) is 6.03. The van der Waals surface area contributed by atoms with E-state index in [0.717, 1.165) is 0 Å². The molecule has 1 unspecified atom stereocenters. The Morgan fingerprint density at radius 2 is 1.32 bits per heavy atom. The zero-order valence-electron chi connectivity index (χ0n) is 8.70. The van der Waals surface area contributed by atoms with E-state index in [2.05, 4.69) is 6.58 Å². The lowest BCUT2D eigenvalue weighted by molar-refractivity contribution is -0.383. The summed E-state index contributed by atoms with van der Waals surface area (Å²) in [6.45, 7) is 2.63. The molecule has 0 aromatic carbocycles. The molecular weight excluding hydrogens is 318 g/mol. The molecule has 12 heteroatoms. The SMILES string of the molecule is C=CCP(=O)(O)C(F)(F)C(F)(F)C(F)(F)C(F)(F)F. The molecular formula is C7H6F9O2P. The van der Waals surface area contributed by atoms with Crippen molar-refractivity contribution in [2.24, 2.45) is 0 Å². The molecule has 0 rings (SSSR count). The maximum Gasteiger partial charge on any atom is 0.460 e. The van der Waals surface area contributed by atoms with E-state index in [-0.39, 0.29) is 6.08 Å². The normalized spacial score (nSPS) is 18.0. The molecule has 0 amide bonds. The van der Waals surface area contributed by atoms with E-state index in [1.807, 2.05) is 0 Å². The fraction of sp³-hybridized carbons (Fsp3) is 0.714. The van der Waals surface area contributed by atoms with Crippen LogP contribution in [0.4, 0.5) is 39.5 Å². The zero-order valence-corrected chi connectivity index (χ0v) is 9.59. The van der Waals surface area contributed by atoms with Crippen LogP contribution in [0.5, 0.6) is 0 Å². The van der Waals surface area contributed by atoms with Crippen molar-refractivity contribution in [2.75, 3.05) is 6.16 Å². The molecule has 1 N–H and O–H groups in total. The molecule has 0 fully saturated rings. The van der Waals surface area contributed by atoms with Gasteiger partial charge in [0.2, 0.25) is 0 Å². The van der Waals surface area contributed by atoms with Gasteiger partial charge in [-0.3, -0.25) is 4.57 Å². The van der Waals surface area contributed by atoms with Gasteiger partial charge in [0, 0.05) is 6.16 Å². The van der Waals surface area contributed by atoms with Crippen molar-refractivity contribution >= 4 is 7.37 Å². The molecule has 0 spiro atoms. The molecule has 0 bridgehead atoms. The Balaban J connectivity index is 5.91. The van der Waals surface area contributed by atoms with Crippen LogP contribution in [-0.2, 0) is 4.57 Å². The molecule has 19 heavy (non-hydrogen) atoms. The van der Waals surface area contributed by atoms with Crippen molar-refractivity contribution in [3.05, 3.63) is 12.7 Å². The van der Waals surface area contributed by atoms with E-state index < -0.39 is 37.2 Å². The summed E-state index contributed by atoms with van der Waals surface area (Å²) in [5.74, 6) is -14.3. The van der Waals surface area contributed by atoms with Crippen molar-refractivity contribution < 1.29 is 49.0 Å². The first kappa shape index (κ1) is 18.3. The summed E-state index contributed by atoms with van der Waals surface area (Å²) < 4.78 is 122. The van der Waals surface area contributed by atoms with Crippen LogP contribution in [0, 0.1) is 0 Å². The highest BCUT2D eigenvalue weighted by molar-refractivity contribution is 7.59. The third-order valence-corrected chi connectivity index (χ3v) is 3.86. The zero-order chi connectivity index (χ0) is 15.9. The average molecular weight is 324 g/mol. The minimum Gasteiger partial charge on any atom is -0.340 e. The highest BCUT2D eigenvalue weighted by atomic mass is 31.2. The summed E-state index contributed by atoms with van der Waals surface area (Å²) in [7, 11) is -6.36. The van der Waals surface area contributed by atoms with Crippen LogP contribution in [0.2, 0.25) is 0 Å². The lowest BCUT2D eigenvalue weighted by Crippen LogP contribution is -2.60. The number of allylic oxidation sites excluding steroid dienone is 1. The Labute approximate surface area is 99.9 Å². The van der Waals surface area contributed by atoms with Crippen LogP contribution >= 0.6 is 7.37 Å². The Morgan fingerprint density at radius 3 is 1.58 bits per heavy atom. The van der Waals surface area contributed by atoms with Gasteiger partial charge in [0.05, 0.1) is 0 Å². The van der Waals surface area contributed by atoms with Crippen LogP contribution in [0.15, 0.2) is 12.7 Å². The number of hydrogen-bond donors (Lipinski definition) is 1. The lowest BCUT2D eigenvalue weighted by Gasteiger charge is -2.35. The second kappa shape index (κ2) is 4.69. The molecule has 1 atom stereocenters. The molecule has 0 heterocycles. The maximum atomic E-state index is 12.9. The van der Waals surface area contributed by atoms with Crippen LogP contribution < -0.4 is 0 Å². The summed E-state index contributed by atoms with van der Waals surface area (Å²) in [6.07, 6.45) is -8.56. The van der Waals surface area contributed by atoms with E-state index in [9.17, 15) is 44.1 Å². The first-order chi connectivity index (χ1) is 8.06. The third-order valence-electron chi connectivity index (χ3n) is 1.94. The van der Waals surface area contributed by atoms with Crippen LogP contribution in [-0.4, -0.2) is 34.7 Å². The van der Waals surface area contributed by atoms with Crippen molar-refractivity contribution in [2.45, 2.75) is 23.7 Å². The van der Waals surface area contributed by atoms with Gasteiger partial charge in [0.25, 0.3) is 7.37 Å². The number of hydrogen-bond acceptors (Lipinski definition) is 1. The molecule has 0 aliphatic carbocycles. The van der Waals surface area contributed by atoms with Crippen LogP contribution in [0.3, 0.4) is 0 Å². The minimum absolute atomic E-state index is 0.219. The summed E-state index contributed by atoms with van der Waals surface area (Å²) >= 11 is 0. The second-order valence-corrected chi connectivity index (χ2v) is 5.69. The van der Waals surface area contributed by atoms with E-state index in [0.29, 0.717) is 0 Å².